The Bertz CT molecular complexity index is 997. The molecule has 0 radical (unpaired) electrons. The van der Waals surface area contributed by atoms with Crippen LogP contribution >= 0.6 is 0 Å². The number of carbonyl (C=O) groups is 3. The molecule has 1 N–H and O–H groups in total. The van der Waals surface area contributed by atoms with Gasteiger partial charge in [0.2, 0.25) is 11.8 Å². The maximum Gasteiger partial charge on any atom is 0.255 e. The summed E-state index contributed by atoms with van der Waals surface area (Å²) in [6.07, 6.45) is 2.50. The van der Waals surface area contributed by atoms with Gasteiger partial charge in [0.1, 0.15) is 0 Å². The van der Waals surface area contributed by atoms with Crippen LogP contribution in [0.4, 0.5) is 11.4 Å². The molecule has 3 amide bonds. The number of anilines is 2. The number of rotatable bonds is 3. The highest BCUT2D eigenvalue weighted by Gasteiger charge is 2.50. The number of hydrogen-bond donors (Lipinski definition) is 1. The van der Waals surface area contributed by atoms with Gasteiger partial charge in [-0.1, -0.05) is 25.1 Å². The summed E-state index contributed by atoms with van der Waals surface area (Å²) in [6, 6.07) is 12.5. The Kier molecular flexibility index (Phi) is 4.99. The van der Waals surface area contributed by atoms with E-state index in [9.17, 15) is 14.4 Å². The molecular weight excluding hydrogens is 364 g/mol. The number of fused-ring (bicyclic) bond motifs is 1. The summed E-state index contributed by atoms with van der Waals surface area (Å²) in [6.45, 7) is 6.09. The van der Waals surface area contributed by atoms with Crippen LogP contribution < -0.4 is 10.2 Å². The third-order valence-corrected chi connectivity index (χ3v) is 6.41. The van der Waals surface area contributed by atoms with Crippen LogP contribution in [0.5, 0.6) is 0 Å². The summed E-state index contributed by atoms with van der Waals surface area (Å²) < 4.78 is 0. The van der Waals surface area contributed by atoms with Crippen molar-refractivity contribution >= 4 is 29.1 Å². The van der Waals surface area contributed by atoms with Gasteiger partial charge in [-0.15, -0.1) is 0 Å². The van der Waals surface area contributed by atoms with Gasteiger partial charge in [-0.25, -0.2) is 0 Å². The summed E-state index contributed by atoms with van der Waals surface area (Å²) in [5.41, 5.74) is 3.78. The second-order valence-electron chi connectivity index (χ2n) is 8.40. The smallest absolute Gasteiger partial charge is 0.255 e. The van der Waals surface area contributed by atoms with Crippen LogP contribution in [0.15, 0.2) is 42.5 Å². The monoisotopic (exact) mass is 390 g/mol. The molecule has 0 spiro atoms. The largest absolute Gasteiger partial charge is 0.322 e. The van der Waals surface area contributed by atoms with Crippen molar-refractivity contribution in [3.63, 3.8) is 0 Å². The topological polar surface area (TPSA) is 66.5 Å². The average molecular weight is 390 g/mol. The van der Waals surface area contributed by atoms with Crippen LogP contribution in [0, 0.1) is 31.6 Å². The predicted octanol–water partition coefficient (Wildman–Crippen LogP) is 4.48. The van der Waals surface area contributed by atoms with Gasteiger partial charge in [-0.2, -0.15) is 0 Å². The molecule has 2 fully saturated rings. The molecule has 1 heterocycles. The lowest BCUT2D eigenvalue weighted by atomic mass is 9.76. The van der Waals surface area contributed by atoms with Crippen molar-refractivity contribution in [2.45, 2.75) is 40.0 Å². The van der Waals surface area contributed by atoms with Gasteiger partial charge in [0.15, 0.2) is 0 Å². The van der Waals surface area contributed by atoms with Crippen LogP contribution in [-0.4, -0.2) is 17.7 Å². The first kappa shape index (κ1) is 19.4. The van der Waals surface area contributed by atoms with Crippen molar-refractivity contribution in [1.82, 2.24) is 0 Å². The molecule has 2 aromatic rings. The molecule has 2 aliphatic rings. The van der Waals surface area contributed by atoms with Crippen LogP contribution in [0.3, 0.4) is 0 Å². The first-order valence-corrected chi connectivity index (χ1v) is 10.2. The number of carbonyl (C=O) groups excluding carboxylic acids is 3. The maximum atomic E-state index is 13.0. The maximum absolute atomic E-state index is 13.0. The molecule has 5 nitrogen and oxygen atoms in total. The molecule has 0 unspecified atom stereocenters. The van der Waals surface area contributed by atoms with Crippen molar-refractivity contribution in [3.05, 3.63) is 59.2 Å². The standard InChI is InChI=1S/C24H26N2O3/c1-14-10-11-19-20(12-14)24(29)26(23(19)28)18-8-5-7-17(13-18)22(27)25-21-9-4-6-15(2)16(21)3/h4-9,13-14,19-20H,10-12H2,1-3H3,(H,25,27)/t14-,19-,20+/m0/s1. The first-order valence-electron chi connectivity index (χ1n) is 10.2. The highest BCUT2D eigenvalue weighted by molar-refractivity contribution is 6.22. The van der Waals surface area contributed by atoms with Crippen LogP contribution in [0.1, 0.15) is 47.7 Å². The Morgan fingerprint density at radius 1 is 1.00 bits per heavy atom. The third-order valence-electron chi connectivity index (χ3n) is 6.41. The van der Waals surface area contributed by atoms with E-state index in [1.165, 1.54) is 4.90 Å². The van der Waals surface area contributed by atoms with Gasteiger partial charge >= 0.3 is 0 Å². The lowest BCUT2D eigenvalue weighted by Gasteiger charge is -2.25. The Morgan fingerprint density at radius 2 is 1.72 bits per heavy atom. The highest BCUT2D eigenvalue weighted by atomic mass is 16.2. The predicted molar refractivity (Wildman–Crippen MR) is 113 cm³/mol. The van der Waals surface area contributed by atoms with E-state index >= 15 is 0 Å². The Morgan fingerprint density at radius 3 is 2.52 bits per heavy atom. The molecule has 3 atom stereocenters. The third kappa shape index (κ3) is 3.46. The van der Waals surface area contributed by atoms with Crippen LogP contribution in [0.25, 0.3) is 0 Å². The van der Waals surface area contributed by atoms with Crippen molar-refractivity contribution in [1.29, 1.82) is 0 Å². The zero-order chi connectivity index (χ0) is 20.7. The highest BCUT2D eigenvalue weighted by Crippen LogP contribution is 2.42. The molecule has 1 aliphatic carbocycles. The van der Waals surface area contributed by atoms with Crippen LogP contribution in [0.2, 0.25) is 0 Å². The number of hydrogen-bond acceptors (Lipinski definition) is 3. The normalized spacial score (nSPS) is 23.8. The SMILES string of the molecule is Cc1cccc(NC(=O)c2cccc(N3C(=O)[C@H]4CC[C@H](C)C[C@H]4C3=O)c2)c1C. The number of benzene rings is 2. The second kappa shape index (κ2) is 7.47. The van der Waals surface area contributed by atoms with E-state index in [1.54, 1.807) is 24.3 Å². The zero-order valence-electron chi connectivity index (χ0n) is 17.1. The second-order valence-corrected chi connectivity index (χ2v) is 8.40. The van der Waals surface area contributed by atoms with E-state index in [1.807, 2.05) is 32.0 Å². The number of imide groups is 1. The van der Waals surface area contributed by atoms with Gasteiger partial charge in [-0.3, -0.25) is 19.3 Å². The van der Waals surface area contributed by atoms with Crippen molar-refractivity contribution in [2.24, 2.45) is 17.8 Å². The molecule has 0 aromatic heterocycles. The molecule has 5 heteroatoms. The van der Waals surface area contributed by atoms with E-state index in [2.05, 4.69) is 12.2 Å². The molecule has 150 valence electrons. The van der Waals surface area contributed by atoms with Crippen molar-refractivity contribution in [2.75, 3.05) is 10.2 Å². The van der Waals surface area contributed by atoms with E-state index in [4.69, 9.17) is 0 Å². The quantitative estimate of drug-likeness (QED) is 0.786. The molecule has 0 bridgehead atoms. The summed E-state index contributed by atoms with van der Waals surface area (Å²) in [5, 5.41) is 2.94. The molecule has 4 rings (SSSR count). The Hall–Kier alpha value is -2.95. The van der Waals surface area contributed by atoms with Gasteiger partial charge in [-0.05, 0) is 74.4 Å². The minimum atomic E-state index is -0.259. The summed E-state index contributed by atoms with van der Waals surface area (Å²) in [4.78, 5) is 40.0. The number of aryl methyl sites for hydroxylation is 1. The number of amides is 3. The van der Waals surface area contributed by atoms with E-state index in [0.717, 1.165) is 36.1 Å². The average Bonchev–Trinajstić information content (AvgIpc) is 2.95. The van der Waals surface area contributed by atoms with Gasteiger partial charge in [0.05, 0.1) is 17.5 Å². The summed E-state index contributed by atoms with van der Waals surface area (Å²) in [5.74, 6) is -0.490. The molecule has 1 saturated carbocycles. The fourth-order valence-electron chi connectivity index (χ4n) is 4.51. The first-order chi connectivity index (χ1) is 13.9. The lowest BCUT2D eigenvalue weighted by Crippen LogP contribution is -2.31. The molecule has 2 aromatic carbocycles. The van der Waals surface area contributed by atoms with E-state index in [-0.39, 0.29) is 29.6 Å². The summed E-state index contributed by atoms with van der Waals surface area (Å²) in [7, 11) is 0. The fraction of sp³-hybridized carbons (Fsp3) is 0.375. The minimum Gasteiger partial charge on any atom is -0.322 e. The van der Waals surface area contributed by atoms with E-state index in [0.29, 0.717) is 17.2 Å². The van der Waals surface area contributed by atoms with Gasteiger partial charge < -0.3 is 5.32 Å². The fourth-order valence-corrected chi connectivity index (χ4v) is 4.51. The molecule has 1 saturated heterocycles. The Labute approximate surface area is 171 Å². The zero-order valence-corrected chi connectivity index (χ0v) is 17.1. The molecule has 1 aliphatic heterocycles. The van der Waals surface area contributed by atoms with Crippen LogP contribution in [-0.2, 0) is 9.59 Å². The number of nitrogens with zero attached hydrogens (tertiary/aromatic N) is 1. The van der Waals surface area contributed by atoms with Gasteiger partial charge in [0, 0.05) is 11.3 Å². The van der Waals surface area contributed by atoms with Crippen molar-refractivity contribution in [3.8, 4) is 0 Å². The minimum absolute atomic E-state index is 0.126. The van der Waals surface area contributed by atoms with Gasteiger partial charge in [0.25, 0.3) is 5.91 Å². The number of nitrogens with one attached hydrogen (secondary N) is 1. The lowest BCUT2D eigenvalue weighted by molar-refractivity contribution is -0.122. The summed E-state index contributed by atoms with van der Waals surface area (Å²) >= 11 is 0. The Balaban J connectivity index is 1.59. The molecule has 29 heavy (non-hydrogen) atoms. The molecular formula is C24H26N2O3. The van der Waals surface area contributed by atoms with E-state index < -0.39 is 0 Å². The van der Waals surface area contributed by atoms with Crippen molar-refractivity contribution < 1.29 is 14.4 Å².